The molecule has 0 radical (unpaired) electrons. The molecule has 2 atom stereocenters. The van der Waals surface area contributed by atoms with Crippen LogP contribution in [0.3, 0.4) is 0 Å². The van der Waals surface area contributed by atoms with E-state index in [2.05, 4.69) is 25.7 Å². The van der Waals surface area contributed by atoms with Gasteiger partial charge in [0.15, 0.2) is 0 Å². The summed E-state index contributed by atoms with van der Waals surface area (Å²) in [5.41, 5.74) is 5.95. The van der Waals surface area contributed by atoms with E-state index in [1.807, 2.05) is 0 Å². The Bertz CT molecular complexity index is 194. The molecule has 0 bridgehead atoms. The minimum absolute atomic E-state index is 0.00801. The van der Waals surface area contributed by atoms with E-state index in [4.69, 9.17) is 10.5 Å². The zero-order chi connectivity index (χ0) is 11.5. The van der Waals surface area contributed by atoms with Crippen molar-refractivity contribution in [1.29, 1.82) is 0 Å². The van der Waals surface area contributed by atoms with Crippen LogP contribution in [0.1, 0.15) is 40.0 Å². The summed E-state index contributed by atoms with van der Waals surface area (Å²) in [6.07, 6.45) is 4.02. The minimum Gasteiger partial charge on any atom is -0.380 e. The molecule has 2 N–H and O–H groups in total. The highest BCUT2D eigenvalue weighted by molar-refractivity contribution is 4.99. The summed E-state index contributed by atoms with van der Waals surface area (Å²) in [4.78, 5) is 2.56. The van der Waals surface area contributed by atoms with Crippen molar-refractivity contribution < 1.29 is 4.74 Å². The first-order valence-corrected chi connectivity index (χ1v) is 6.09. The van der Waals surface area contributed by atoms with Crippen LogP contribution in [0, 0.1) is 0 Å². The molecule has 1 rings (SSSR count). The lowest BCUT2D eigenvalue weighted by Gasteiger charge is -2.44. The van der Waals surface area contributed by atoms with E-state index < -0.39 is 0 Å². The maximum atomic E-state index is 5.96. The molecule has 0 aliphatic heterocycles. The SMILES string of the molecule is CCCN(C1CC1)C(C)(CN)C(C)OC. The van der Waals surface area contributed by atoms with Gasteiger partial charge in [0.1, 0.15) is 0 Å². The molecule has 2 unspecified atom stereocenters. The third kappa shape index (κ3) is 2.71. The van der Waals surface area contributed by atoms with Gasteiger partial charge in [-0.05, 0) is 39.7 Å². The highest BCUT2D eigenvalue weighted by Gasteiger charge is 2.43. The summed E-state index contributed by atoms with van der Waals surface area (Å²) < 4.78 is 5.49. The largest absolute Gasteiger partial charge is 0.380 e. The van der Waals surface area contributed by atoms with Gasteiger partial charge in [0.2, 0.25) is 0 Å². The molecule has 0 spiro atoms. The zero-order valence-electron chi connectivity index (χ0n) is 10.6. The summed E-state index contributed by atoms with van der Waals surface area (Å²) in [5.74, 6) is 0. The molecule has 0 saturated heterocycles. The van der Waals surface area contributed by atoms with Crippen LogP contribution in [0.25, 0.3) is 0 Å². The van der Waals surface area contributed by atoms with Gasteiger partial charge in [0, 0.05) is 19.7 Å². The van der Waals surface area contributed by atoms with E-state index in [1.165, 1.54) is 19.3 Å². The van der Waals surface area contributed by atoms with Crippen molar-refractivity contribution in [1.82, 2.24) is 4.90 Å². The monoisotopic (exact) mass is 214 g/mol. The van der Waals surface area contributed by atoms with Gasteiger partial charge in [-0.1, -0.05) is 6.92 Å². The molecule has 0 aromatic rings. The van der Waals surface area contributed by atoms with Gasteiger partial charge in [-0.15, -0.1) is 0 Å². The molecule has 1 aliphatic rings. The van der Waals surface area contributed by atoms with Crippen LogP contribution >= 0.6 is 0 Å². The number of nitrogens with two attached hydrogens (primary N) is 1. The average molecular weight is 214 g/mol. The second-order valence-electron chi connectivity index (χ2n) is 4.86. The Kier molecular flexibility index (Phi) is 4.56. The van der Waals surface area contributed by atoms with Crippen LogP contribution in [0.2, 0.25) is 0 Å². The number of nitrogens with zero attached hydrogens (tertiary/aromatic N) is 1. The molecule has 0 amide bonds. The fourth-order valence-electron chi connectivity index (χ4n) is 2.25. The van der Waals surface area contributed by atoms with E-state index in [9.17, 15) is 0 Å². The molecule has 1 fully saturated rings. The number of methoxy groups -OCH3 is 1. The minimum atomic E-state index is -0.00801. The zero-order valence-corrected chi connectivity index (χ0v) is 10.6. The van der Waals surface area contributed by atoms with Gasteiger partial charge in [-0.2, -0.15) is 0 Å². The second-order valence-corrected chi connectivity index (χ2v) is 4.86. The van der Waals surface area contributed by atoms with Gasteiger partial charge in [-0.25, -0.2) is 0 Å². The third-order valence-corrected chi connectivity index (χ3v) is 3.75. The predicted molar refractivity (Wildman–Crippen MR) is 63.9 cm³/mol. The molecule has 90 valence electrons. The van der Waals surface area contributed by atoms with Crippen molar-refractivity contribution in [2.75, 3.05) is 20.2 Å². The molecule has 3 nitrogen and oxygen atoms in total. The van der Waals surface area contributed by atoms with E-state index in [0.717, 1.165) is 12.6 Å². The smallest absolute Gasteiger partial charge is 0.0736 e. The van der Waals surface area contributed by atoms with Gasteiger partial charge >= 0.3 is 0 Å². The fraction of sp³-hybridized carbons (Fsp3) is 1.00. The highest BCUT2D eigenvalue weighted by Crippen LogP contribution is 2.34. The number of hydrogen-bond acceptors (Lipinski definition) is 3. The molecular formula is C12H26N2O. The van der Waals surface area contributed by atoms with Gasteiger partial charge < -0.3 is 10.5 Å². The standard InChI is InChI=1S/C12H26N2O/c1-5-8-14(11-6-7-11)12(3,9-13)10(2)15-4/h10-11H,5-9,13H2,1-4H3. The first-order valence-electron chi connectivity index (χ1n) is 6.09. The highest BCUT2D eigenvalue weighted by atomic mass is 16.5. The molecular weight excluding hydrogens is 188 g/mol. The van der Waals surface area contributed by atoms with Crippen LogP contribution in [0.5, 0.6) is 0 Å². The van der Waals surface area contributed by atoms with Crippen LogP contribution in [0.4, 0.5) is 0 Å². The molecule has 3 heteroatoms. The van der Waals surface area contributed by atoms with Crippen molar-refractivity contribution >= 4 is 0 Å². The molecule has 0 aromatic carbocycles. The Morgan fingerprint density at radius 3 is 2.47 bits per heavy atom. The number of hydrogen-bond donors (Lipinski definition) is 1. The predicted octanol–water partition coefficient (Wildman–Crippen LogP) is 1.61. The number of ether oxygens (including phenoxy) is 1. The molecule has 1 aliphatic carbocycles. The molecule has 0 aromatic heterocycles. The topological polar surface area (TPSA) is 38.5 Å². The summed E-state index contributed by atoms with van der Waals surface area (Å²) >= 11 is 0. The average Bonchev–Trinajstić information content (AvgIpc) is 3.07. The normalized spacial score (nSPS) is 22.8. The van der Waals surface area contributed by atoms with Crippen molar-refractivity contribution in [3.8, 4) is 0 Å². The van der Waals surface area contributed by atoms with E-state index in [0.29, 0.717) is 6.54 Å². The lowest BCUT2D eigenvalue weighted by atomic mass is 9.92. The van der Waals surface area contributed by atoms with Crippen molar-refractivity contribution in [3.05, 3.63) is 0 Å². The van der Waals surface area contributed by atoms with Crippen LogP contribution < -0.4 is 5.73 Å². The van der Waals surface area contributed by atoms with Crippen LogP contribution in [-0.2, 0) is 4.74 Å². The van der Waals surface area contributed by atoms with Crippen molar-refractivity contribution in [2.24, 2.45) is 5.73 Å². The van der Waals surface area contributed by atoms with Gasteiger partial charge in [0.25, 0.3) is 0 Å². The molecule has 0 heterocycles. The number of rotatable bonds is 7. The maximum Gasteiger partial charge on any atom is 0.0736 e. The summed E-state index contributed by atoms with van der Waals surface area (Å²) in [6, 6.07) is 0.746. The molecule has 1 saturated carbocycles. The summed E-state index contributed by atoms with van der Waals surface area (Å²) in [6.45, 7) is 8.38. The van der Waals surface area contributed by atoms with E-state index in [-0.39, 0.29) is 11.6 Å². The van der Waals surface area contributed by atoms with Gasteiger partial charge in [0.05, 0.1) is 11.6 Å². The Morgan fingerprint density at radius 2 is 2.13 bits per heavy atom. The van der Waals surface area contributed by atoms with Crippen LogP contribution in [0.15, 0.2) is 0 Å². The first kappa shape index (κ1) is 12.9. The lowest BCUT2D eigenvalue weighted by Crippen LogP contribution is -2.59. The summed E-state index contributed by atoms with van der Waals surface area (Å²) in [5, 5.41) is 0. The quantitative estimate of drug-likeness (QED) is 0.700. The van der Waals surface area contributed by atoms with Gasteiger partial charge in [-0.3, -0.25) is 4.90 Å². The Hall–Kier alpha value is -0.120. The Labute approximate surface area is 94.0 Å². The Balaban J connectivity index is 2.74. The Morgan fingerprint density at radius 1 is 1.53 bits per heavy atom. The lowest BCUT2D eigenvalue weighted by molar-refractivity contribution is -0.0355. The van der Waals surface area contributed by atoms with E-state index >= 15 is 0 Å². The molecule has 15 heavy (non-hydrogen) atoms. The second kappa shape index (κ2) is 5.28. The van der Waals surface area contributed by atoms with Crippen molar-refractivity contribution in [3.63, 3.8) is 0 Å². The third-order valence-electron chi connectivity index (χ3n) is 3.75. The first-order chi connectivity index (χ1) is 7.10. The van der Waals surface area contributed by atoms with Crippen molar-refractivity contribution in [2.45, 2.75) is 57.7 Å². The maximum absolute atomic E-state index is 5.96. The fourth-order valence-corrected chi connectivity index (χ4v) is 2.25. The van der Waals surface area contributed by atoms with E-state index in [1.54, 1.807) is 7.11 Å². The summed E-state index contributed by atoms with van der Waals surface area (Å²) in [7, 11) is 1.77. The van der Waals surface area contributed by atoms with Crippen LogP contribution in [-0.4, -0.2) is 42.8 Å².